The largest absolute Gasteiger partial charge is 0.417 e. The van der Waals surface area contributed by atoms with Crippen LogP contribution in [0.25, 0.3) is 6.08 Å². The first kappa shape index (κ1) is 18.8. The van der Waals surface area contributed by atoms with Crippen LogP contribution in [0.3, 0.4) is 0 Å². The molecule has 1 N–H and O–H groups in total. The van der Waals surface area contributed by atoms with Gasteiger partial charge >= 0.3 is 6.18 Å². The summed E-state index contributed by atoms with van der Waals surface area (Å²) in [4.78, 5) is 11.9. The van der Waals surface area contributed by atoms with Crippen LogP contribution in [-0.4, -0.2) is 31.4 Å². The Morgan fingerprint density at radius 1 is 1.38 bits per heavy atom. The predicted molar refractivity (Wildman–Crippen MR) is 85.3 cm³/mol. The van der Waals surface area contributed by atoms with Crippen molar-refractivity contribution in [3.8, 4) is 0 Å². The highest BCUT2D eigenvalue weighted by Gasteiger charge is 2.39. The minimum atomic E-state index is -4.59. The molecule has 24 heavy (non-hydrogen) atoms. The normalized spacial score (nSPS) is 23.5. The zero-order chi connectivity index (χ0) is 18.2. The molecule has 0 saturated carbocycles. The third-order valence-electron chi connectivity index (χ3n) is 3.65. The summed E-state index contributed by atoms with van der Waals surface area (Å²) in [5.41, 5.74) is -1.69. The Morgan fingerprint density at radius 3 is 2.58 bits per heavy atom. The first-order valence-corrected chi connectivity index (χ1v) is 9.18. The second kappa shape index (κ2) is 6.40. The SMILES string of the molecule is C[C@@]1(NC(=O)/C=C\c2ccc(Cl)c(C(F)(F)F)c2)CCS(=O)(=O)C1. The Labute approximate surface area is 142 Å². The Morgan fingerprint density at radius 2 is 2.04 bits per heavy atom. The van der Waals surface area contributed by atoms with Gasteiger partial charge < -0.3 is 5.32 Å². The van der Waals surface area contributed by atoms with Gasteiger partial charge in [-0.3, -0.25) is 4.79 Å². The maximum absolute atomic E-state index is 12.8. The second-order valence-electron chi connectivity index (χ2n) is 5.96. The van der Waals surface area contributed by atoms with Crippen molar-refractivity contribution in [2.45, 2.75) is 25.1 Å². The van der Waals surface area contributed by atoms with E-state index in [0.717, 1.165) is 18.2 Å². The molecular weight excluding hydrogens is 367 g/mol. The summed E-state index contributed by atoms with van der Waals surface area (Å²) >= 11 is 5.52. The monoisotopic (exact) mass is 381 g/mol. The number of nitrogens with one attached hydrogen (secondary N) is 1. The van der Waals surface area contributed by atoms with E-state index in [9.17, 15) is 26.4 Å². The van der Waals surface area contributed by atoms with Gasteiger partial charge in [-0.1, -0.05) is 17.7 Å². The van der Waals surface area contributed by atoms with E-state index in [1.807, 2.05) is 0 Å². The molecule has 0 bridgehead atoms. The van der Waals surface area contributed by atoms with Gasteiger partial charge in [0.1, 0.15) is 0 Å². The van der Waals surface area contributed by atoms with Gasteiger partial charge in [-0.2, -0.15) is 13.2 Å². The standard InChI is InChI=1S/C15H15ClF3NO3S/c1-14(6-7-24(22,23)9-14)20-13(21)5-3-10-2-4-12(16)11(8-10)15(17,18)19/h2-5,8H,6-7,9H2,1H3,(H,20,21)/b5-3-/t14-/m1/s1. The fourth-order valence-corrected chi connectivity index (χ4v) is 4.80. The van der Waals surface area contributed by atoms with Crippen molar-refractivity contribution in [1.82, 2.24) is 5.32 Å². The van der Waals surface area contributed by atoms with Crippen molar-refractivity contribution < 1.29 is 26.4 Å². The van der Waals surface area contributed by atoms with Crippen molar-refractivity contribution in [2.24, 2.45) is 0 Å². The van der Waals surface area contributed by atoms with Crippen molar-refractivity contribution in [1.29, 1.82) is 0 Å². The van der Waals surface area contributed by atoms with E-state index in [-0.39, 0.29) is 17.1 Å². The van der Waals surface area contributed by atoms with Gasteiger partial charge in [0, 0.05) is 6.08 Å². The molecule has 132 valence electrons. The highest BCUT2D eigenvalue weighted by molar-refractivity contribution is 7.91. The molecule has 1 heterocycles. The third-order valence-corrected chi connectivity index (χ3v) is 5.88. The van der Waals surface area contributed by atoms with Crippen LogP contribution in [0.1, 0.15) is 24.5 Å². The highest BCUT2D eigenvalue weighted by atomic mass is 35.5. The topological polar surface area (TPSA) is 63.2 Å². The maximum Gasteiger partial charge on any atom is 0.417 e. The lowest BCUT2D eigenvalue weighted by Crippen LogP contribution is -2.46. The molecule has 1 saturated heterocycles. The summed E-state index contributed by atoms with van der Waals surface area (Å²) in [6.45, 7) is 1.62. The number of hydrogen-bond donors (Lipinski definition) is 1. The first-order valence-electron chi connectivity index (χ1n) is 6.98. The number of alkyl halides is 3. The summed E-state index contributed by atoms with van der Waals surface area (Å²) in [7, 11) is -3.17. The van der Waals surface area contributed by atoms with E-state index in [1.54, 1.807) is 6.92 Å². The molecule has 1 aliphatic heterocycles. The van der Waals surface area contributed by atoms with Crippen LogP contribution >= 0.6 is 11.6 Å². The Bertz CT molecular complexity index is 790. The lowest BCUT2D eigenvalue weighted by Gasteiger charge is -2.22. The van der Waals surface area contributed by atoms with Crippen LogP contribution in [0, 0.1) is 0 Å². The van der Waals surface area contributed by atoms with Crippen molar-refractivity contribution >= 4 is 33.4 Å². The van der Waals surface area contributed by atoms with E-state index in [4.69, 9.17) is 11.6 Å². The van der Waals surface area contributed by atoms with Crippen LogP contribution in [0.15, 0.2) is 24.3 Å². The smallest absolute Gasteiger partial charge is 0.346 e. The van der Waals surface area contributed by atoms with E-state index < -0.39 is 38.0 Å². The molecule has 1 fully saturated rings. The van der Waals surface area contributed by atoms with Crippen LogP contribution in [0.5, 0.6) is 0 Å². The molecule has 1 aromatic rings. The van der Waals surface area contributed by atoms with Crippen molar-refractivity contribution in [3.63, 3.8) is 0 Å². The molecule has 0 spiro atoms. The van der Waals surface area contributed by atoms with Crippen LogP contribution in [0.2, 0.25) is 5.02 Å². The van der Waals surface area contributed by atoms with Crippen LogP contribution < -0.4 is 5.32 Å². The number of rotatable bonds is 3. The number of carbonyl (C=O) groups excluding carboxylic acids is 1. The third kappa shape index (κ3) is 4.73. The van der Waals surface area contributed by atoms with Gasteiger partial charge in [0.15, 0.2) is 9.84 Å². The molecule has 1 atom stereocenters. The number of benzene rings is 1. The minimum absolute atomic E-state index is 0.000376. The van der Waals surface area contributed by atoms with Crippen LogP contribution in [0.4, 0.5) is 13.2 Å². The number of amides is 1. The van der Waals surface area contributed by atoms with Gasteiger partial charge in [0.2, 0.25) is 5.91 Å². The molecule has 0 radical (unpaired) electrons. The van der Waals surface area contributed by atoms with Gasteiger partial charge in [-0.05, 0) is 37.1 Å². The molecule has 9 heteroatoms. The average Bonchev–Trinajstić information content (AvgIpc) is 2.70. The molecule has 0 aliphatic carbocycles. The second-order valence-corrected chi connectivity index (χ2v) is 8.55. The average molecular weight is 382 g/mol. The van der Waals surface area contributed by atoms with Gasteiger partial charge in [0.05, 0.1) is 27.6 Å². The summed E-state index contributed by atoms with van der Waals surface area (Å²) < 4.78 is 61.3. The number of hydrogen-bond acceptors (Lipinski definition) is 3. The summed E-state index contributed by atoms with van der Waals surface area (Å²) in [6, 6.07) is 3.30. The predicted octanol–water partition coefficient (Wildman–Crippen LogP) is 3.07. The quantitative estimate of drug-likeness (QED) is 0.818. The number of halogens is 4. The lowest BCUT2D eigenvalue weighted by molar-refractivity contribution is -0.137. The fraction of sp³-hybridized carbons (Fsp3) is 0.400. The maximum atomic E-state index is 12.8. The Kier molecular flexibility index (Phi) is 5.01. The Balaban J connectivity index is 2.10. The molecule has 0 aromatic heterocycles. The van der Waals surface area contributed by atoms with Crippen molar-refractivity contribution in [3.05, 3.63) is 40.4 Å². The summed E-state index contributed by atoms with van der Waals surface area (Å²) in [6.07, 6.45) is -2.00. The van der Waals surface area contributed by atoms with E-state index in [2.05, 4.69) is 5.32 Å². The molecule has 1 amide bonds. The van der Waals surface area contributed by atoms with Gasteiger partial charge in [-0.15, -0.1) is 0 Å². The van der Waals surface area contributed by atoms with E-state index in [0.29, 0.717) is 6.42 Å². The van der Waals surface area contributed by atoms with Gasteiger partial charge in [0.25, 0.3) is 0 Å². The molecule has 2 rings (SSSR count). The first-order chi connectivity index (χ1) is 10.9. The number of carbonyl (C=O) groups is 1. The fourth-order valence-electron chi connectivity index (χ4n) is 2.48. The Hall–Kier alpha value is -1.54. The molecule has 1 aliphatic rings. The zero-order valence-electron chi connectivity index (χ0n) is 12.7. The molecule has 1 aromatic carbocycles. The molecular formula is C15H15ClF3NO3S. The summed E-state index contributed by atoms with van der Waals surface area (Å²) in [5, 5.41) is 2.16. The van der Waals surface area contributed by atoms with Crippen molar-refractivity contribution in [2.75, 3.05) is 11.5 Å². The lowest BCUT2D eigenvalue weighted by atomic mass is 10.0. The van der Waals surface area contributed by atoms with E-state index in [1.165, 1.54) is 12.1 Å². The molecule has 0 unspecified atom stereocenters. The summed E-state index contributed by atoms with van der Waals surface area (Å²) in [5.74, 6) is -0.726. The minimum Gasteiger partial charge on any atom is -0.346 e. The zero-order valence-corrected chi connectivity index (χ0v) is 14.2. The number of sulfone groups is 1. The van der Waals surface area contributed by atoms with Gasteiger partial charge in [-0.25, -0.2) is 8.42 Å². The molecule has 4 nitrogen and oxygen atoms in total. The van der Waals surface area contributed by atoms with E-state index >= 15 is 0 Å². The highest BCUT2D eigenvalue weighted by Crippen LogP contribution is 2.35. The van der Waals surface area contributed by atoms with Crippen LogP contribution in [-0.2, 0) is 20.8 Å².